The van der Waals surface area contributed by atoms with Crippen molar-refractivity contribution in [3.8, 4) is 0 Å². The Hall–Kier alpha value is -0.950. The van der Waals surface area contributed by atoms with Crippen molar-refractivity contribution in [1.29, 1.82) is 0 Å². The van der Waals surface area contributed by atoms with E-state index in [0.29, 0.717) is 26.1 Å². The Kier molecular flexibility index (Phi) is 13.0. The molecule has 0 bridgehead atoms. The Morgan fingerprint density at radius 1 is 1.00 bits per heavy atom. The van der Waals surface area contributed by atoms with Gasteiger partial charge in [-0.3, -0.25) is 4.79 Å². The summed E-state index contributed by atoms with van der Waals surface area (Å²) in [4.78, 5) is 11.6. The molecule has 192 valence electrons. The lowest BCUT2D eigenvalue weighted by molar-refractivity contribution is -0.171. The molecule has 1 saturated carbocycles. The number of allylic oxidation sites excluding steroid dienone is 2. The van der Waals surface area contributed by atoms with Gasteiger partial charge in [0, 0.05) is 19.3 Å². The average molecular weight is 469 g/mol. The number of hydrogen-bond acceptors (Lipinski definition) is 6. The van der Waals surface area contributed by atoms with Crippen LogP contribution in [0.2, 0.25) is 0 Å². The van der Waals surface area contributed by atoms with Gasteiger partial charge in [-0.05, 0) is 64.2 Å². The van der Waals surface area contributed by atoms with E-state index in [2.05, 4.69) is 19.1 Å². The minimum absolute atomic E-state index is 0.0464. The zero-order valence-electron chi connectivity index (χ0n) is 21.2. The lowest BCUT2D eigenvalue weighted by Crippen LogP contribution is -2.33. The number of aliphatic hydroxyl groups excluding tert-OH is 2. The number of carbonyl (C=O) groups is 1. The summed E-state index contributed by atoms with van der Waals surface area (Å²) >= 11 is 0. The van der Waals surface area contributed by atoms with Crippen LogP contribution < -0.4 is 0 Å². The van der Waals surface area contributed by atoms with Crippen LogP contribution in [0.25, 0.3) is 0 Å². The molecule has 2 N–H and O–H groups in total. The molecule has 2 rings (SSSR count). The molecule has 0 aromatic heterocycles. The predicted molar refractivity (Wildman–Crippen MR) is 130 cm³/mol. The van der Waals surface area contributed by atoms with Crippen LogP contribution in [0.15, 0.2) is 12.2 Å². The van der Waals surface area contributed by atoms with Crippen LogP contribution in [0.1, 0.15) is 104 Å². The van der Waals surface area contributed by atoms with Gasteiger partial charge >= 0.3 is 5.97 Å². The highest BCUT2D eigenvalue weighted by Gasteiger charge is 2.43. The molecule has 33 heavy (non-hydrogen) atoms. The first-order chi connectivity index (χ1) is 15.9. The molecule has 6 nitrogen and oxygen atoms in total. The summed E-state index contributed by atoms with van der Waals surface area (Å²) in [6, 6.07) is 0. The van der Waals surface area contributed by atoms with Crippen LogP contribution in [-0.2, 0) is 19.0 Å². The van der Waals surface area contributed by atoms with E-state index in [1.54, 1.807) is 0 Å². The molecule has 0 unspecified atom stereocenters. The topological polar surface area (TPSA) is 85.2 Å². The Morgan fingerprint density at radius 3 is 2.39 bits per heavy atom. The molecule has 1 aliphatic carbocycles. The zero-order valence-corrected chi connectivity index (χ0v) is 21.2. The van der Waals surface area contributed by atoms with Gasteiger partial charge in [0.05, 0.1) is 31.5 Å². The molecule has 0 amide bonds. The van der Waals surface area contributed by atoms with E-state index in [9.17, 15) is 15.0 Å². The van der Waals surface area contributed by atoms with Crippen LogP contribution in [0.4, 0.5) is 0 Å². The first-order valence-corrected chi connectivity index (χ1v) is 13.4. The van der Waals surface area contributed by atoms with E-state index in [-0.39, 0.29) is 23.9 Å². The largest absolute Gasteiger partial charge is 0.463 e. The van der Waals surface area contributed by atoms with Crippen molar-refractivity contribution < 1.29 is 29.2 Å². The second-order valence-electron chi connectivity index (χ2n) is 10.1. The normalized spacial score (nSPS) is 27.1. The molecule has 1 aliphatic heterocycles. The highest BCUT2D eigenvalue weighted by Crippen LogP contribution is 2.41. The molecule has 2 fully saturated rings. The second kappa shape index (κ2) is 15.1. The van der Waals surface area contributed by atoms with Crippen molar-refractivity contribution in [2.75, 3.05) is 13.2 Å². The van der Waals surface area contributed by atoms with Gasteiger partial charge in [-0.2, -0.15) is 0 Å². The number of esters is 1. The number of hydrogen-bond donors (Lipinski definition) is 2. The lowest BCUT2D eigenvalue weighted by Gasteiger charge is -2.31. The fourth-order valence-corrected chi connectivity index (χ4v) is 5.26. The van der Waals surface area contributed by atoms with E-state index in [1.165, 1.54) is 25.7 Å². The van der Waals surface area contributed by atoms with Crippen molar-refractivity contribution in [1.82, 2.24) is 0 Å². The number of carbonyl (C=O) groups excluding carboxylic acids is 1. The van der Waals surface area contributed by atoms with Crippen LogP contribution in [0, 0.1) is 11.8 Å². The maximum absolute atomic E-state index is 11.6. The van der Waals surface area contributed by atoms with Gasteiger partial charge in [0.1, 0.15) is 0 Å². The standard InChI is InChI=1S/C27H48O6/c1-4-5-6-9-12-16-27(31-18-19-32-27)17-15-23-22(24(28)20-25(23)29)13-10-7-8-11-14-26(30)33-21(2)3/h7,10,21-25,28-29H,4-6,8-9,11-20H2,1-3H3/b10-7+/t22-,23-,24+,25-/m1/s1. The fraction of sp³-hybridized carbons (Fsp3) is 0.889. The highest BCUT2D eigenvalue weighted by atomic mass is 16.7. The van der Waals surface area contributed by atoms with Crippen molar-refractivity contribution in [3.05, 3.63) is 12.2 Å². The molecular formula is C27H48O6. The van der Waals surface area contributed by atoms with Crippen LogP contribution in [0.3, 0.4) is 0 Å². The van der Waals surface area contributed by atoms with E-state index < -0.39 is 18.0 Å². The smallest absolute Gasteiger partial charge is 0.306 e. The van der Waals surface area contributed by atoms with Gasteiger partial charge in [0.2, 0.25) is 0 Å². The summed E-state index contributed by atoms with van der Waals surface area (Å²) in [5.74, 6) is -0.561. The van der Waals surface area contributed by atoms with Crippen molar-refractivity contribution >= 4 is 5.97 Å². The monoisotopic (exact) mass is 468 g/mol. The van der Waals surface area contributed by atoms with E-state index in [1.807, 2.05) is 13.8 Å². The van der Waals surface area contributed by atoms with Gasteiger partial charge in [0.25, 0.3) is 0 Å². The second-order valence-corrected chi connectivity index (χ2v) is 10.1. The van der Waals surface area contributed by atoms with Crippen LogP contribution in [0.5, 0.6) is 0 Å². The number of unbranched alkanes of at least 4 members (excludes halogenated alkanes) is 5. The SMILES string of the molecule is CCCCCCCC1(CC[C@@H]2[C@@H](C/C=C/CCCC(=O)OC(C)C)[C@@H](O)C[C@H]2O)OCCO1. The Balaban J connectivity index is 1.78. The predicted octanol–water partition coefficient (Wildman–Crippen LogP) is 5.30. The maximum Gasteiger partial charge on any atom is 0.306 e. The van der Waals surface area contributed by atoms with Gasteiger partial charge in [0.15, 0.2) is 5.79 Å². The Bertz CT molecular complexity index is 569. The molecule has 2 aliphatic rings. The Labute approximate surface area is 201 Å². The molecule has 0 aromatic rings. The lowest BCUT2D eigenvalue weighted by atomic mass is 9.85. The molecule has 6 heteroatoms. The van der Waals surface area contributed by atoms with E-state index in [0.717, 1.165) is 44.9 Å². The van der Waals surface area contributed by atoms with Crippen LogP contribution >= 0.6 is 0 Å². The number of aliphatic hydroxyl groups is 2. The Morgan fingerprint density at radius 2 is 1.70 bits per heavy atom. The number of rotatable bonds is 16. The van der Waals surface area contributed by atoms with Crippen molar-refractivity contribution in [3.63, 3.8) is 0 Å². The fourth-order valence-electron chi connectivity index (χ4n) is 5.26. The summed E-state index contributed by atoms with van der Waals surface area (Å²) < 4.78 is 17.3. The third-order valence-electron chi connectivity index (χ3n) is 7.05. The summed E-state index contributed by atoms with van der Waals surface area (Å²) in [6.45, 7) is 7.22. The highest BCUT2D eigenvalue weighted by molar-refractivity contribution is 5.69. The van der Waals surface area contributed by atoms with Crippen molar-refractivity contribution in [2.45, 2.75) is 128 Å². The quantitative estimate of drug-likeness (QED) is 0.182. The minimum Gasteiger partial charge on any atom is -0.463 e. The molecule has 1 saturated heterocycles. The molecule has 0 spiro atoms. The summed E-state index contributed by atoms with van der Waals surface area (Å²) in [7, 11) is 0. The van der Waals surface area contributed by atoms with Crippen molar-refractivity contribution in [2.24, 2.45) is 11.8 Å². The van der Waals surface area contributed by atoms with E-state index >= 15 is 0 Å². The van der Waals surface area contributed by atoms with Gasteiger partial charge in [-0.15, -0.1) is 0 Å². The molecule has 0 aromatic carbocycles. The first kappa shape index (κ1) is 28.3. The van der Waals surface area contributed by atoms with Gasteiger partial charge < -0.3 is 24.4 Å². The molecule has 0 radical (unpaired) electrons. The zero-order chi connectivity index (χ0) is 24.1. The summed E-state index contributed by atoms with van der Waals surface area (Å²) in [6.07, 6.45) is 14.9. The van der Waals surface area contributed by atoms with E-state index in [4.69, 9.17) is 14.2 Å². The summed E-state index contributed by atoms with van der Waals surface area (Å²) in [5.41, 5.74) is 0. The maximum atomic E-state index is 11.6. The van der Waals surface area contributed by atoms with Crippen LogP contribution in [-0.4, -0.2) is 53.5 Å². The third-order valence-corrected chi connectivity index (χ3v) is 7.05. The third kappa shape index (κ3) is 10.1. The molecular weight excluding hydrogens is 420 g/mol. The van der Waals surface area contributed by atoms with Gasteiger partial charge in [-0.1, -0.05) is 44.8 Å². The minimum atomic E-state index is -0.509. The molecule has 4 atom stereocenters. The average Bonchev–Trinajstić information content (AvgIpc) is 3.33. The summed E-state index contributed by atoms with van der Waals surface area (Å²) in [5, 5.41) is 21.2. The van der Waals surface area contributed by atoms with Gasteiger partial charge in [-0.25, -0.2) is 0 Å². The molecule has 1 heterocycles. The first-order valence-electron chi connectivity index (χ1n) is 13.4. The number of ether oxygens (including phenoxy) is 3.